The Bertz CT molecular complexity index is 1320. The predicted octanol–water partition coefficient (Wildman–Crippen LogP) is 4.62. The van der Waals surface area contributed by atoms with Crippen molar-refractivity contribution < 1.29 is 4.58 Å². The molecule has 0 saturated heterocycles. The first kappa shape index (κ1) is 24.2. The van der Waals surface area contributed by atoms with Gasteiger partial charge in [0.2, 0.25) is 0 Å². The van der Waals surface area contributed by atoms with Gasteiger partial charge in [0, 0.05) is 30.9 Å². The molecule has 36 heavy (non-hydrogen) atoms. The van der Waals surface area contributed by atoms with Crippen molar-refractivity contribution in [3.8, 4) is 0 Å². The molecule has 0 aromatic heterocycles. The van der Waals surface area contributed by atoms with Crippen LogP contribution in [-0.4, -0.2) is 50.3 Å². The van der Waals surface area contributed by atoms with Gasteiger partial charge in [-0.1, -0.05) is 60.7 Å². The average Bonchev–Trinajstić information content (AvgIpc) is 2.94. The molecule has 3 nitrogen and oxygen atoms in total. The zero-order valence-corrected chi connectivity index (χ0v) is 22.9. The van der Waals surface area contributed by atoms with E-state index in [0.717, 1.165) is 37.6 Å². The van der Waals surface area contributed by atoms with Gasteiger partial charge in [0.25, 0.3) is 0 Å². The summed E-state index contributed by atoms with van der Waals surface area (Å²) in [6.45, 7) is 12.9. The van der Waals surface area contributed by atoms with Crippen LogP contribution in [0.2, 0.25) is 0 Å². The van der Waals surface area contributed by atoms with Gasteiger partial charge >= 0.3 is 0 Å². The summed E-state index contributed by atoms with van der Waals surface area (Å²) in [7, 11) is -2.63. The number of anilines is 1. The molecule has 5 rings (SSSR count). The van der Waals surface area contributed by atoms with Crippen LogP contribution in [0.4, 0.5) is 11.4 Å². The summed E-state index contributed by atoms with van der Waals surface area (Å²) >= 11 is 0. The molecule has 0 N–H and O–H groups in total. The van der Waals surface area contributed by atoms with E-state index in [1.807, 2.05) is 0 Å². The molecular weight excluding hydrogens is 454 g/mol. The molecule has 0 bridgehead atoms. The average molecular weight is 491 g/mol. The lowest BCUT2D eigenvalue weighted by Crippen LogP contribution is -2.71. The molecule has 0 unspecified atom stereocenters. The fourth-order valence-corrected chi connectivity index (χ4v) is 10.9. The normalized spacial score (nSPS) is 15.5. The Balaban J connectivity index is 1.92. The zero-order valence-electron chi connectivity index (χ0n) is 21.9. The Morgan fingerprint density at radius 1 is 0.750 bits per heavy atom. The van der Waals surface area contributed by atoms with E-state index >= 15 is 0 Å². The molecule has 3 aromatic carbocycles. The number of benzene rings is 3. The molecule has 3 aromatic rings. The van der Waals surface area contributed by atoms with Gasteiger partial charge in [0.1, 0.15) is 13.1 Å². The smallest absolute Gasteiger partial charge is 0.199 e. The highest BCUT2D eigenvalue weighted by Gasteiger charge is 2.49. The molecule has 0 spiro atoms. The van der Waals surface area contributed by atoms with Crippen molar-refractivity contribution in [1.82, 2.24) is 0 Å². The summed E-state index contributed by atoms with van der Waals surface area (Å²) in [6.07, 6.45) is 6.95. The van der Waals surface area contributed by atoms with Gasteiger partial charge in [-0.25, -0.2) is 9.57 Å². The molecule has 1 heterocycles. The number of fused-ring (bicyclic) bond motifs is 2. The Morgan fingerprint density at radius 3 is 1.92 bits per heavy atom. The van der Waals surface area contributed by atoms with Crippen LogP contribution in [0, 0.1) is 0 Å². The van der Waals surface area contributed by atoms with Crippen LogP contribution >= 0.6 is 0 Å². The maximum absolute atomic E-state index is 5.26. The first-order valence-electron chi connectivity index (χ1n) is 13.3. The van der Waals surface area contributed by atoms with Crippen molar-refractivity contribution in [3.63, 3.8) is 0 Å². The number of allylic oxidation sites excluding steroid dienone is 4. The van der Waals surface area contributed by atoms with E-state index in [2.05, 4.69) is 134 Å². The molecular formula is C32H36N3Si+. The van der Waals surface area contributed by atoms with Crippen LogP contribution in [0.5, 0.6) is 0 Å². The van der Waals surface area contributed by atoms with Crippen LogP contribution < -0.4 is 20.5 Å². The highest BCUT2D eigenvalue weighted by atomic mass is 28.3. The van der Waals surface area contributed by atoms with Gasteiger partial charge in [-0.3, -0.25) is 0 Å². The van der Waals surface area contributed by atoms with Crippen LogP contribution in [0.25, 0.3) is 0 Å². The molecule has 0 saturated carbocycles. The minimum absolute atomic E-state index is 0.986. The van der Waals surface area contributed by atoms with Crippen LogP contribution in [0.3, 0.4) is 0 Å². The molecule has 1 aliphatic heterocycles. The second-order valence-electron chi connectivity index (χ2n) is 9.34. The van der Waals surface area contributed by atoms with E-state index in [1.165, 1.54) is 32.2 Å². The minimum Gasteiger partial charge on any atom is -0.372 e. The summed E-state index contributed by atoms with van der Waals surface area (Å²) in [5.74, 6) is 0. The summed E-state index contributed by atoms with van der Waals surface area (Å²) in [4.78, 5) is 7.70. The molecule has 2 aliphatic rings. The monoisotopic (exact) mass is 490 g/mol. The summed E-state index contributed by atoms with van der Waals surface area (Å²) in [6, 6.07) is 29.3. The van der Waals surface area contributed by atoms with Crippen molar-refractivity contribution in [2.75, 3.05) is 31.1 Å². The topological polar surface area (TPSA) is 18.6 Å². The van der Waals surface area contributed by atoms with E-state index in [4.69, 9.17) is 4.99 Å². The summed E-state index contributed by atoms with van der Waals surface area (Å²) in [5, 5.41) is 5.57. The molecule has 0 amide bonds. The summed E-state index contributed by atoms with van der Waals surface area (Å²) in [5.41, 5.74) is 4.77. The lowest BCUT2D eigenvalue weighted by Gasteiger charge is -2.40. The third-order valence-electron chi connectivity index (χ3n) is 7.68. The first-order chi connectivity index (χ1) is 17.7. The van der Waals surface area contributed by atoms with Crippen LogP contribution in [0.15, 0.2) is 107 Å². The van der Waals surface area contributed by atoms with E-state index in [9.17, 15) is 0 Å². The van der Waals surface area contributed by atoms with Crippen molar-refractivity contribution >= 4 is 46.4 Å². The van der Waals surface area contributed by atoms with Crippen LogP contribution in [0.1, 0.15) is 27.7 Å². The fourth-order valence-electron chi connectivity index (χ4n) is 5.85. The zero-order chi connectivity index (χ0) is 25.1. The highest BCUT2D eigenvalue weighted by Crippen LogP contribution is 2.33. The SMILES string of the molecule is CCN(CC)c1ccc2c(c1)[Si](c1ccccc1)(c1ccccc1)C1=CC(=[N+](CC)CC)C=CC1=N2. The maximum Gasteiger partial charge on any atom is 0.199 e. The van der Waals surface area contributed by atoms with E-state index in [0.29, 0.717) is 0 Å². The standard InChI is InChI=1S/C32H36N3Si/c1-5-34(6-2)25-19-21-29-31(23-25)36(27-15-11-9-12-16-27,28-17-13-10-14-18-28)32-24-26(35(7-3)8-4)20-22-30(32)33-29/h9-24H,5-8H2,1-4H3/q+1. The number of hydrogen-bond acceptors (Lipinski definition) is 2. The van der Waals surface area contributed by atoms with E-state index in [-0.39, 0.29) is 0 Å². The largest absolute Gasteiger partial charge is 0.372 e. The fraction of sp³-hybridized carbons (Fsp3) is 0.250. The first-order valence-corrected chi connectivity index (χ1v) is 15.3. The summed E-state index contributed by atoms with van der Waals surface area (Å²) < 4.78 is 2.44. The number of rotatable bonds is 7. The van der Waals surface area contributed by atoms with Crippen molar-refractivity contribution in [2.24, 2.45) is 4.99 Å². The molecule has 0 fully saturated rings. The van der Waals surface area contributed by atoms with Crippen molar-refractivity contribution in [3.05, 3.63) is 102 Å². The molecule has 182 valence electrons. The number of aliphatic imine (C=N–C) groups is 1. The van der Waals surface area contributed by atoms with Gasteiger partial charge in [0.15, 0.2) is 13.8 Å². The maximum atomic E-state index is 5.26. The van der Waals surface area contributed by atoms with Gasteiger partial charge in [0.05, 0.1) is 11.4 Å². The Labute approximate surface area is 216 Å². The van der Waals surface area contributed by atoms with E-state index in [1.54, 1.807) is 0 Å². The Morgan fingerprint density at radius 2 is 1.36 bits per heavy atom. The van der Waals surface area contributed by atoms with Crippen LogP contribution in [-0.2, 0) is 0 Å². The number of hydrogen-bond donors (Lipinski definition) is 0. The van der Waals surface area contributed by atoms with Gasteiger partial charge in [-0.2, -0.15) is 0 Å². The minimum atomic E-state index is -2.63. The predicted molar refractivity (Wildman–Crippen MR) is 158 cm³/mol. The molecule has 0 atom stereocenters. The number of nitrogens with zero attached hydrogens (tertiary/aromatic N) is 3. The lowest BCUT2D eigenvalue weighted by molar-refractivity contribution is -0.519. The van der Waals surface area contributed by atoms with E-state index < -0.39 is 8.07 Å². The quantitative estimate of drug-likeness (QED) is 0.269. The Hall–Kier alpha value is -3.50. The van der Waals surface area contributed by atoms with Crippen molar-refractivity contribution in [1.29, 1.82) is 0 Å². The lowest BCUT2D eigenvalue weighted by atomic mass is 10.1. The highest BCUT2D eigenvalue weighted by molar-refractivity contribution is 7.19. The third-order valence-corrected chi connectivity index (χ3v) is 12.5. The third kappa shape index (κ3) is 3.90. The Kier molecular flexibility index (Phi) is 6.88. The van der Waals surface area contributed by atoms with Gasteiger partial charge < -0.3 is 4.90 Å². The molecule has 0 radical (unpaired) electrons. The molecule has 4 heteroatoms. The molecule has 1 aliphatic carbocycles. The van der Waals surface area contributed by atoms with Gasteiger partial charge in [-0.05, 0) is 72.7 Å². The van der Waals surface area contributed by atoms with Gasteiger partial charge in [-0.15, -0.1) is 0 Å². The second-order valence-corrected chi connectivity index (χ2v) is 13.1. The van der Waals surface area contributed by atoms with Crippen molar-refractivity contribution in [2.45, 2.75) is 27.7 Å². The second kappa shape index (κ2) is 10.2.